The lowest BCUT2D eigenvalue weighted by molar-refractivity contribution is 0.683. The van der Waals surface area contributed by atoms with E-state index in [9.17, 15) is 0 Å². The van der Waals surface area contributed by atoms with Gasteiger partial charge in [0.15, 0.2) is 0 Å². The molecule has 74 valence electrons. The monoisotopic (exact) mass is 210 g/mol. The molecule has 2 aromatic heterocycles. The van der Waals surface area contributed by atoms with E-state index in [4.69, 9.17) is 5.73 Å². The minimum atomic E-state index is -0.148. The molecule has 0 aliphatic rings. The summed E-state index contributed by atoms with van der Waals surface area (Å²) in [7, 11) is 1.83. The summed E-state index contributed by atoms with van der Waals surface area (Å²) in [6, 6.07) is -0.148. The minimum Gasteiger partial charge on any atom is -0.322 e. The molecule has 0 bridgehead atoms. The number of rotatable bonds is 3. The Kier molecular flexibility index (Phi) is 2.51. The molecular weight excluding hydrogens is 200 g/mol. The molecule has 1 atom stereocenters. The van der Waals surface area contributed by atoms with Crippen LogP contribution >= 0.6 is 11.7 Å². The highest BCUT2D eigenvalue weighted by Gasteiger charge is 2.11. The van der Waals surface area contributed by atoms with Gasteiger partial charge < -0.3 is 5.73 Å². The maximum Gasteiger partial charge on any atom is 0.0914 e. The quantitative estimate of drug-likeness (QED) is 0.765. The van der Waals surface area contributed by atoms with Gasteiger partial charge in [0.2, 0.25) is 0 Å². The maximum atomic E-state index is 5.91. The number of hydrogen-bond donors (Lipinski definition) is 1. The Labute approximate surface area is 85.1 Å². The van der Waals surface area contributed by atoms with Crippen molar-refractivity contribution in [2.24, 2.45) is 12.8 Å². The molecule has 14 heavy (non-hydrogen) atoms. The van der Waals surface area contributed by atoms with Crippen LogP contribution in [-0.2, 0) is 13.5 Å². The van der Waals surface area contributed by atoms with Gasteiger partial charge in [-0.05, 0) is 0 Å². The predicted molar refractivity (Wildman–Crippen MR) is 51.5 cm³/mol. The topological polar surface area (TPSA) is 82.5 Å². The van der Waals surface area contributed by atoms with Gasteiger partial charge in [0.25, 0.3) is 0 Å². The van der Waals surface area contributed by atoms with Crippen LogP contribution in [0.25, 0.3) is 0 Å². The first-order valence-electron chi connectivity index (χ1n) is 4.14. The Morgan fingerprint density at radius 3 is 3.07 bits per heavy atom. The lowest BCUT2D eigenvalue weighted by atomic mass is 10.1. The fourth-order valence-corrected chi connectivity index (χ4v) is 1.63. The van der Waals surface area contributed by atoms with E-state index in [0.717, 1.165) is 23.1 Å². The van der Waals surface area contributed by atoms with E-state index in [0.29, 0.717) is 6.42 Å². The zero-order valence-corrected chi connectivity index (χ0v) is 8.48. The summed E-state index contributed by atoms with van der Waals surface area (Å²) >= 11 is 1.16. The average Bonchev–Trinajstić information content (AvgIpc) is 2.75. The van der Waals surface area contributed by atoms with Crippen LogP contribution in [0.15, 0.2) is 12.4 Å². The number of aromatic nitrogens is 5. The lowest BCUT2D eigenvalue weighted by Gasteiger charge is -2.03. The van der Waals surface area contributed by atoms with Crippen molar-refractivity contribution in [1.29, 1.82) is 0 Å². The third-order valence-electron chi connectivity index (χ3n) is 1.84. The smallest absolute Gasteiger partial charge is 0.0914 e. The number of nitrogens with two attached hydrogens (primary N) is 1. The highest BCUT2D eigenvalue weighted by atomic mass is 32.1. The zero-order valence-electron chi connectivity index (χ0n) is 7.66. The molecule has 0 amide bonds. The van der Waals surface area contributed by atoms with Gasteiger partial charge in [0, 0.05) is 19.7 Å². The van der Waals surface area contributed by atoms with E-state index >= 15 is 0 Å². The third-order valence-corrected chi connectivity index (χ3v) is 2.33. The van der Waals surface area contributed by atoms with Crippen LogP contribution in [-0.4, -0.2) is 23.7 Å². The summed E-state index contributed by atoms with van der Waals surface area (Å²) in [4.78, 5) is 0. The van der Waals surface area contributed by atoms with E-state index in [-0.39, 0.29) is 6.04 Å². The van der Waals surface area contributed by atoms with Gasteiger partial charge in [-0.3, -0.25) is 4.68 Å². The van der Waals surface area contributed by atoms with E-state index < -0.39 is 0 Å². The minimum absolute atomic E-state index is 0.148. The fourth-order valence-electron chi connectivity index (χ4n) is 1.15. The van der Waals surface area contributed by atoms with E-state index in [1.54, 1.807) is 10.9 Å². The third kappa shape index (κ3) is 1.94. The molecule has 0 aliphatic carbocycles. The molecule has 0 aromatic carbocycles. The molecular formula is C7H10N6S. The maximum absolute atomic E-state index is 5.91. The van der Waals surface area contributed by atoms with E-state index in [1.165, 1.54) is 0 Å². The molecule has 0 radical (unpaired) electrons. The Hall–Kier alpha value is -1.34. The van der Waals surface area contributed by atoms with Crippen LogP contribution in [0.3, 0.4) is 0 Å². The zero-order chi connectivity index (χ0) is 9.97. The summed E-state index contributed by atoms with van der Waals surface area (Å²) in [6.45, 7) is 0. The van der Waals surface area contributed by atoms with Crippen molar-refractivity contribution < 1.29 is 0 Å². The first kappa shape index (κ1) is 9.22. The summed E-state index contributed by atoms with van der Waals surface area (Å²) in [5.41, 5.74) is 7.58. The predicted octanol–water partition coefficient (Wildman–Crippen LogP) is -0.0909. The molecule has 2 heterocycles. The molecule has 2 rings (SSSR count). The molecule has 0 aliphatic heterocycles. The van der Waals surface area contributed by atoms with Gasteiger partial charge in [0.05, 0.1) is 35.4 Å². The molecule has 0 spiro atoms. The van der Waals surface area contributed by atoms with E-state index in [1.807, 2.05) is 13.2 Å². The van der Waals surface area contributed by atoms with Gasteiger partial charge in [-0.2, -0.15) is 8.75 Å². The molecule has 0 saturated carbocycles. The SMILES string of the molecule is Cn1cc(CC(N)c2cnsn2)nn1. The Morgan fingerprint density at radius 1 is 1.64 bits per heavy atom. The van der Waals surface area contributed by atoms with Crippen LogP contribution in [0.1, 0.15) is 17.4 Å². The number of aryl methyl sites for hydroxylation is 1. The highest BCUT2D eigenvalue weighted by molar-refractivity contribution is 6.99. The fraction of sp³-hybridized carbons (Fsp3) is 0.429. The van der Waals surface area contributed by atoms with Gasteiger partial charge in [-0.15, -0.1) is 5.10 Å². The first-order valence-corrected chi connectivity index (χ1v) is 4.87. The Morgan fingerprint density at radius 2 is 2.50 bits per heavy atom. The second-order valence-corrected chi connectivity index (χ2v) is 3.58. The van der Waals surface area contributed by atoms with Crippen molar-refractivity contribution in [3.63, 3.8) is 0 Å². The first-order chi connectivity index (χ1) is 6.75. The van der Waals surface area contributed by atoms with Gasteiger partial charge in [-0.25, -0.2) is 0 Å². The lowest BCUT2D eigenvalue weighted by Crippen LogP contribution is -2.13. The van der Waals surface area contributed by atoms with E-state index in [2.05, 4.69) is 19.1 Å². The average molecular weight is 210 g/mol. The molecule has 7 heteroatoms. The molecule has 6 nitrogen and oxygen atoms in total. The number of nitrogens with zero attached hydrogens (tertiary/aromatic N) is 5. The second kappa shape index (κ2) is 3.81. The Bertz CT molecular complexity index is 394. The molecule has 2 aromatic rings. The van der Waals surface area contributed by atoms with Crippen LogP contribution in [0, 0.1) is 0 Å². The highest BCUT2D eigenvalue weighted by Crippen LogP contribution is 2.11. The molecule has 0 fully saturated rings. The number of hydrogen-bond acceptors (Lipinski definition) is 6. The second-order valence-electron chi connectivity index (χ2n) is 3.03. The molecule has 0 saturated heterocycles. The summed E-state index contributed by atoms with van der Waals surface area (Å²) < 4.78 is 9.62. The van der Waals surface area contributed by atoms with Crippen LogP contribution < -0.4 is 5.73 Å². The standard InChI is InChI=1S/C7H10N6S/c1-13-4-5(10-12-13)2-6(8)7-3-9-14-11-7/h3-4,6H,2,8H2,1H3. The van der Waals surface area contributed by atoms with Gasteiger partial charge in [-0.1, -0.05) is 5.21 Å². The van der Waals surface area contributed by atoms with Crippen molar-refractivity contribution in [2.45, 2.75) is 12.5 Å². The largest absolute Gasteiger partial charge is 0.322 e. The van der Waals surface area contributed by atoms with Crippen molar-refractivity contribution in [1.82, 2.24) is 23.7 Å². The Balaban J connectivity index is 2.05. The summed E-state index contributed by atoms with van der Waals surface area (Å²) in [5, 5.41) is 7.78. The van der Waals surface area contributed by atoms with Crippen LogP contribution in [0.5, 0.6) is 0 Å². The summed E-state index contributed by atoms with van der Waals surface area (Å²) in [6.07, 6.45) is 4.17. The molecule has 1 unspecified atom stereocenters. The van der Waals surface area contributed by atoms with Crippen LogP contribution in [0.2, 0.25) is 0 Å². The van der Waals surface area contributed by atoms with Crippen molar-refractivity contribution in [3.8, 4) is 0 Å². The van der Waals surface area contributed by atoms with Crippen molar-refractivity contribution >= 4 is 11.7 Å². The normalized spacial score (nSPS) is 13.0. The van der Waals surface area contributed by atoms with Crippen molar-refractivity contribution in [2.75, 3.05) is 0 Å². The van der Waals surface area contributed by atoms with Gasteiger partial charge >= 0.3 is 0 Å². The molecule has 2 N–H and O–H groups in total. The van der Waals surface area contributed by atoms with Gasteiger partial charge in [0.1, 0.15) is 0 Å². The summed E-state index contributed by atoms with van der Waals surface area (Å²) in [5.74, 6) is 0. The van der Waals surface area contributed by atoms with Crippen LogP contribution in [0.4, 0.5) is 0 Å². The van der Waals surface area contributed by atoms with Crippen molar-refractivity contribution in [3.05, 3.63) is 23.8 Å².